The number of nitrogens with two attached hydrogens (primary N) is 1. The number of amides is 1. The third-order valence-corrected chi connectivity index (χ3v) is 3.85. The normalized spacial score (nSPS) is 13.5. The summed E-state index contributed by atoms with van der Waals surface area (Å²) in [5.41, 5.74) is 10.3. The summed E-state index contributed by atoms with van der Waals surface area (Å²) < 4.78 is 1.76. The largest absolute Gasteiger partial charge is 0.383 e. The molecular weight excluding hydrogens is 288 g/mol. The van der Waals surface area contributed by atoms with Crippen LogP contribution in [0.15, 0.2) is 36.5 Å². The molecule has 0 saturated heterocycles. The molecule has 1 aliphatic rings. The number of anilines is 2. The molecule has 3 heterocycles. The van der Waals surface area contributed by atoms with Crippen molar-refractivity contribution < 1.29 is 4.79 Å². The molecule has 0 bridgehead atoms. The van der Waals surface area contributed by atoms with Crippen LogP contribution in [0.25, 0.3) is 16.9 Å². The van der Waals surface area contributed by atoms with Crippen LogP contribution >= 0.6 is 11.6 Å². The van der Waals surface area contributed by atoms with Crippen LogP contribution in [0.2, 0.25) is 5.02 Å². The number of hydrogen-bond donors (Lipinski definition) is 2. The molecule has 21 heavy (non-hydrogen) atoms. The van der Waals surface area contributed by atoms with Gasteiger partial charge in [-0.3, -0.25) is 9.20 Å². The van der Waals surface area contributed by atoms with Crippen LogP contribution in [0.3, 0.4) is 0 Å². The Balaban J connectivity index is 1.89. The van der Waals surface area contributed by atoms with Gasteiger partial charge in [-0.1, -0.05) is 17.7 Å². The molecule has 2 aromatic heterocycles. The van der Waals surface area contributed by atoms with E-state index in [1.54, 1.807) is 16.7 Å². The van der Waals surface area contributed by atoms with Crippen molar-refractivity contribution in [1.82, 2.24) is 9.38 Å². The molecule has 0 unspecified atom stereocenters. The number of nitrogen functional groups attached to an aromatic ring is 1. The standard InChI is InChI=1S/C15H11ClN4O/c16-10-2-4-12-19-14(15(17)20(12)7-10)8-1-3-11-9(5-8)6-13(21)18-11/h1-5,7H,6,17H2,(H,18,21). The first-order valence-corrected chi connectivity index (χ1v) is 6.86. The summed E-state index contributed by atoms with van der Waals surface area (Å²) >= 11 is 5.99. The summed E-state index contributed by atoms with van der Waals surface area (Å²) in [7, 11) is 0. The molecule has 0 spiro atoms. The van der Waals surface area contributed by atoms with E-state index in [9.17, 15) is 4.79 Å². The summed E-state index contributed by atoms with van der Waals surface area (Å²) in [6.45, 7) is 0. The fourth-order valence-corrected chi connectivity index (χ4v) is 2.79. The van der Waals surface area contributed by atoms with Crippen LogP contribution in [-0.4, -0.2) is 15.3 Å². The minimum Gasteiger partial charge on any atom is -0.383 e. The average Bonchev–Trinajstić information content (AvgIpc) is 2.98. The Morgan fingerprint density at radius 3 is 3.00 bits per heavy atom. The quantitative estimate of drug-likeness (QED) is 0.725. The van der Waals surface area contributed by atoms with E-state index in [1.165, 1.54) is 0 Å². The maximum atomic E-state index is 11.4. The van der Waals surface area contributed by atoms with Crippen LogP contribution in [0.4, 0.5) is 11.5 Å². The fraction of sp³-hybridized carbons (Fsp3) is 0.0667. The van der Waals surface area contributed by atoms with E-state index in [0.29, 0.717) is 23.0 Å². The van der Waals surface area contributed by atoms with Gasteiger partial charge >= 0.3 is 0 Å². The summed E-state index contributed by atoms with van der Waals surface area (Å²) in [5.74, 6) is 0.543. The highest BCUT2D eigenvalue weighted by Gasteiger charge is 2.19. The van der Waals surface area contributed by atoms with E-state index >= 15 is 0 Å². The van der Waals surface area contributed by atoms with Gasteiger partial charge in [0.25, 0.3) is 0 Å². The Hall–Kier alpha value is -2.53. The smallest absolute Gasteiger partial charge is 0.228 e. The molecule has 0 radical (unpaired) electrons. The molecule has 1 aliphatic heterocycles. The summed E-state index contributed by atoms with van der Waals surface area (Å²) in [6.07, 6.45) is 2.13. The first-order valence-electron chi connectivity index (χ1n) is 6.48. The molecule has 4 rings (SSSR count). The Morgan fingerprint density at radius 1 is 1.29 bits per heavy atom. The fourth-order valence-electron chi connectivity index (χ4n) is 2.63. The first kappa shape index (κ1) is 12.2. The van der Waals surface area contributed by atoms with Crippen molar-refractivity contribution in [2.45, 2.75) is 6.42 Å². The maximum Gasteiger partial charge on any atom is 0.228 e. The van der Waals surface area contributed by atoms with E-state index in [-0.39, 0.29) is 5.91 Å². The second kappa shape index (κ2) is 4.23. The lowest BCUT2D eigenvalue weighted by Gasteiger charge is -2.03. The predicted octanol–water partition coefficient (Wildman–Crippen LogP) is 2.73. The molecular formula is C15H11ClN4O. The van der Waals surface area contributed by atoms with Crippen molar-refractivity contribution in [3.05, 3.63) is 47.1 Å². The molecule has 1 amide bonds. The topological polar surface area (TPSA) is 72.4 Å². The van der Waals surface area contributed by atoms with Gasteiger partial charge in [0.15, 0.2) is 0 Å². The number of pyridine rings is 1. The summed E-state index contributed by atoms with van der Waals surface area (Å²) in [6, 6.07) is 9.34. The van der Waals surface area contributed by atoms with Gasteiger partial charge < -0.3 is 11.1 Å². The van der Waals surface area contributed by atoms with Gasteiger partial charge in [-0.25, -0.2) is 4.98 Å². The van der Waals surface area contributed by atoms with Crippen molar-refractivity contribution in [1.29, 1.82) is 0 Å². The van der Waals surface area contributed by atoms with Crippen molar-refractivity contribution in [3.8, 4) is 11.3 Å². The Morgan fingerprint density at radius 2 is 2.14 bits per heavy atom. The van der Waals surface area contributed by atoms with Gasteiger partial charge in [-0.05, 0) is 29.8 Å². The van der Waals surface area contributed by atoms with Crippen LogP contribution in [0.1, 0.15) is 5.56 Å². The second-order valence-electron chi connectivity index (χ2n) is 5.02. The predicted molar refractivity (Wildman–Crippen MR) is 82.4 cm³/mol. The minimum absolute atomic E-state index is 0.0110. The SMILES string of the molecule is Nc1c(-c2ccc3c(c2)CC(=O)N3)nc2ccc(Cl)cn12. The van der Waals surface area contributed by atoms with Crippen molar-refractivity contribution in [3.63, 3.8) is 0 Å². The highest BCUT2D eigenvalue weighted by molar-refractivity contribution is 6.30. The number of fused-ring (bicyclic) bond motifs is 2. The molecule has 0 atom stereocenters. The lowest BCUT2D eigenvalue weighted by Crippen LogP contribution is -2.03. The number of imidazole rings is 1. The zero-order valence-electron chi connectivity index (χ0n) is 10.9. The van der Waals surface area contributed by atoms with Crippen LogP contribution in [-0.2, 0) is 11.2 Å². The van der Waals surface area contributed by atoms with Crippen molar-refractivity contribution in [2.24, 2.45) is 0 Å². The van der Waals surface area contributed by atoms with Gasteiger partial charge in [0.05, 0.1) is 11.4 Å². The second-order valence-corrected chi connectivity index (χ2v) is 5.45. The van der Waals surface area contributed by atoms with Crippen molar-refractivity contribution in [2.75, 3.05) is 11.1 Å². The molecule has 0 fully saturated rings. The zero-order valence-corrected chi connectivity index (χ0v) is 11.7. The number of halogens is 1. The molecule has 1 aromatic carbocycles. The van der Waals surface area contributed by atoms with Crippen LogP contribution < -0.4 is 11.1 Å². The molecule has 104 valence electrons. The summed E-state index contributed by atoms with van der Waals surface area (Å²) in [4.78, 5) is 16.0. The number of carbonyl (C=O) groups is 1. The van der Waals surface area contributed by atoms with E-state index in [1.807, 2.05) is 24.3 Å². The average molecular weight is 299 g/mol. The first-order chi connectivity index (χ1) is 10.1. The van der Waals surface area contributed by atoms with Crippen LogP contribution in [0, 0.1) is 0 Å². The highest BCUT2D eigenvalue weighted by atomic mass is 35.5. The molecule has 5 nitrogen and oxygen atoms in total. The van der Waals surface area contributed by atoms with Gasteiger partial charge in [0, 0.05) is 17.4 Å². The molecule has 0 saturated carbocycles. The lowest BCUT2D eigenvalue weighted by molar-refractivity contribution is -0.115. The van der Waals surface area contributed by atoms with Crippen LogP contribution in [0.5, 0.6) is 0 Å². The number of benzene rings is 1. The highest BCUT2D eigenvalue weighted by Crippen LogP contribution is 2.32. The van der Waals surface area contributed by atoms with Gasteiger partial charge in [0.2, 0.25) is 5.91 Å². The number of nitrogens with one attached hydrogen (secondary N) is 1. The number of hydrogen-bond acceptors (Lipinski definition) is 3. The van der Waals surface area contributed by atoms with E-state index in [0.717, 1.165) is 22.5 Å². The Labute approximate surface area is 125 Å². The van der Waals surface area contributed by atoms with E-state index < -0.39 is 0 Å². The van der Waals surface area contributed by atoms with Gasteiger partial charge in [0.1, 0.15) is 17.2 Å². The number of carbonyl (C=O) groups excluding carboxylic acids is 1. The third kappa shape index (κ3) is 1.86. The summed E-state index contributed by atoms with van der Waals surface area (Å²) in [5, 5.41) is 3.41. The Bertz CT molecular complexity index is 900. The lowest BCUT2D eigenvalue weighted by atomic mass is 10.1. The van der Waals surface area contributed by atoms with E-state index in [2.05, 4.69) is 10.3 Å². The number of rotatable bonds is 1. The van der Waals surface area contributed by atoms with Gasteiger partial charge in [-0.15, -0.1) is 0 Å². The number of nitrogens with zero attached hydrogens (tertiary/aromatic N) is 2. The third-order valence-electron chi connectivity index (χ3n) is 3.62. The number of aromatic nitrogens is 2. The monoisotopic (exact) mass is 298 g/mol. The van der Waals surface area contributed by atoms with Gasteiger partial charge in [-0.2, -0.15) is 0 Å². The maximum absolute atomic E-state index is 11.4. The zero-order chi connectivity index (χ0) is 14.6. The molecule has 6 heteroatoms. The minimum atomic E-state index is 0.0110. The van der Waals surface area contributed by atoms with E-state index in [4.69, 9.17) is 17.3 Å². The van der Waals surface area contributed by atoms with Crippen molar-refractivity contribution >= 4 is 34.7 Å². The Kier molecular flexibility index (Phi) is 2.46. The molecule has 3 N–H and O–H groups in total. The molecule has 0 aliphatic carbocycles. The molecule has 3 aromatic rings.